The number of ketones is 1. The number of phenolic OH excluding ortho intramolecular Hbond substituents is 1. The molecule has 7 heteroatoms. The molecule has 32 heavy (non-hydrogen) atoms. The van der Waals surface area contributed by atoms with Crippen LogP contribution in [0.25, 0.3) is 22.0 Å². The van der Waals surface area contributed by atoms with Gasteiger partial charge in [-0.2, -0.15) is 0 Å². The summed E-state index contributed by atoms with van der Waals surface area (Å²) in [6, 6.07) is 10.6. The first-order valence-electron chi connectivity index (χ1n) is 10.8. The minimum Gasteiger partial charge on any atom is -0.505 e. The second-order valence-electron chi connectivity index (χ2n) is 8.74. The van der Waals surface area contributed by atoms with Gasteiger partial charge in [0, 0.05) is 23.7 Å². The van der Waals surface area contributed by atoms with Gasteiger partial charge in [0.05, 0.1) is 25.4 Å². The summed E-state index contributed by atoms with van der Waals surface area (Å²) in [7, 11) is 4.28. The van der Waals surface area contributed by atoms with E-state index in [1.54, 1.807) is 19.2 Å². The lowest BCUT2D eigenvalue weighted by Crippen LogP contribution is -2.36. The molecule has 1 fully saturated rings. The van der Waals surface area contributed by atoms with Gasteiger partial charge in [0.25, 0.3) is 0 Å². The van der Waals surface area contributed by atoms with Crippen molar-refractivity contribution in [1.29, 1.82) is 0 Å². The highest BCUT2D eigenvalue weighted by atomic mass is 127. The third-order valence-electron chi connectivity index (χ3n) is 6.37. The van der Waals surface area contributed by atoms with Gasteiger partial charge in [-0.15, -0.1) is 0 Å². The van der Waals surface area contributed by atoms with Crippen molar-refractivity contribution in [3.8, 4) is 16.9 Å². The van der Waals surface area contributed by atoms with Crippen LogP contribution in [0.1, 0.15) is 43.0 Å². The Bertz CT molecular complexity index is 1150. The van der Waals surface area contributed by atoms with Gasteiger partial charge in [0.1, 0.15) is 5.75 Å². The number of hydrogen-bond acceptors (Lipinski definition) is 5. The maximum Gasteiger partial charge on any atom is 0.163 e. The van der Waals surface area contributed by atoms with Crippen molar-refractivity contribution in [1.82, 2.24) is 9.88 Å². The fourth-order valence-electron chi connectivity index (χ4n) is 4.47. The number of nitrogens with one attached hydrogen (secondary N) is 1. The van der Waals surface area contributed by atoms with Gasteiger partial charge in [-0.05, 0) is 105 Å². The minimum atomic E-state index is -0.00323. The fourth-order valence-corrected chi connectivity index (χ4v) is 5.47. The quantitative estimate of drug-likeness (QED) is 0.280. The van der Waals surface area contributed by atoms with Gasteiger partial charge in [-0.25, -0.2) is 0 Å². The summed E-state index contributed by atoms with van der Waals surface area (Å²) in [5, 5.41) is 15.0. The monoisotopic (exact) mass is 563 g/mol. The summed E-state index contributed by atoms with van der Waals surface area (Å²) in [4.78, 5) is 19.3. The summed E-state index contributed by atoms with van der Waals surface area (Å²) in [6.07, 6.45) is 6.08. The molecular formula is C25H27ClIN3O2. The zero-order valence-electron chi connectivity index (χ0n) is 18.5. The third kappa shape index (κ3) is 4.72. The molecule has 0 atom stereocenters. The Labute approximate surface area is 207 Å². The van der Waals surface area contributed by atoms with E-state index in [0.717, 1.165) is 53.4 Å². The Kier molecular flexibility index (Phi) is 6.93. The summed E-state index contributed by atoms with van der Waals surface area (Å²) in [5.74, 6) is 0.0875. The lowest BCUT2D eigenvalue weighted by molar-refractivity contribution is 0.101. The number of carbonyl (C=O) groups is 1. The zero-order chi connectivity index (χ0) is 23.0. The molecule has 1 heterocycles. The van der Waals surface area contributed by atoms with Crippen LogP contribution >= 0.6 is 34.2 Å². The number of Topliss-reactive ketones (excluding diaryl/α,β-unsaturated/α-hetero) is 1. The van der Waals surface area contributed by atoms with E-state index in [1.165, 1.54) is 0 Å². The molecular weight excluding hydrogens is 537 g/mol. The molecule has 1 aliphatic rings. The average Bonchev–Trinajstić information content (AvgIpc) is 2.77. The largest absolute Gasteiger partial charge is 0.505 e. The lowest BCUT2D eigenvalue weighted by Gasteiger charge is -2.34. The van der Waals surface area contributed by atoms with E-state index in [4.69, 9.17) is 11.6 Å². The number of fused-ring (bicyclic) bond motifs is 1. The van der Waals surface area contributed by atoms with Crippen molar-refractivity contribution in [3.05, 3.63) is 50.7 Å². The topological polar surface area (TPSA) is 65.5 Å². The van der Waals surface area contributed by atoms with Crippen molar-refractivity contribution in [2.75, 3.05) is 19.4 Å². The number of aromatic nitrogens is 1. The Hall–Kier alpha value is -1.90. The smallest absolute Gasteiger partial charge is 0.163 e. The molecule has 4 rings (SSSR count). The normalized spacial score (nSPS) is 18.8. The van der Waals surface area contributed by atoms with E-state index in [0.29, 0.717) is 26.2 Å². The zero-order valence-corrected chi connectivity index (χ0v) is 21.4. The van der Waals surface area contributed by atoms with Crippen molar-refractivity contribution < 1.29 is 9.90 Å². The van der Waals surface area contributed by atoms with Crippen molar-refractivity contribution in [3.63, 3.8) is 0 Å². The molecule has 0 amide bonds. The molecule has 0 unspecified atom stereocenters. The number of hydrogen-bond donors (Lipinski definition) is 2. The van der Waals surface area contributed by atoms with Gasteiger partial charge in [-0.3, -0.25) is 9.78 Å². The first-order valence-corrected chi connectivity index (χ1v) is 12.2. The lowest BCUT2D eigenvalue weighted by atomic mass is 9.90. The molecule has 3 aromatic rings. The molecule has 1 aliphatic carbocycles. The highest BCUT2D eigenvalue weighted by Crippen LogP contribution is 2.37. The Balaban J connectivity index is 1.75. The fraction of sp³-hybridized carbons (Fsp3) is 0.360. The molecule has 0 spiro atoms. The van der Waals surface area contributed by atoms with Crippen LogP contribution in [0.3, 0.4) is 0 Å². The molecule has 2 aromatic carbocycles. The van der Waals surface area contributed by atoms with E-state index in [2.05, 4.69) is 58.0 Å². The standard InChI is InChI=1S/C25H27ClIN3O2/c1-14(31)20-13-28-23-9-4-15(16-11-21(26)25(32)22(27)12-16)10-19(23)24(20)29-17-5-7-18(8-6-17)30(2)3/h4,9-13,17-18,32H,5-8H2,1-3H3,(H,28,29). The van der Waals surface area contributed by atoms with Crippen LogP contribution < -0.4 is 5.32 Å². The van der Waals surface area contributed by atoms with E-state index >= 15 is 0 Å². The van der Waals surface area contributed by atoms with E-state index in [9.17, 15) is 9.90 Å². The number of carbonyl (C=O) groups excluding carboxylic acids is 1. The van der Waals surface area contributed by atoms with Gasteiger partial charge in [0.15, 0.2) is 5.78 Å². The first kappa shape index (κ1) is 23.3. The molecule has 2 N–H and O–H groups in total. The molecule has 0 bridgehead atoms. The molecule has 1 saturated carbocycles. The SMILES string of the molecule is CC(=O)c1cnc2ccc(-c3cc(Cl)c(O)c(I)c3)cc2c1NC1CCC(N(C)C)CC1. The van der Waals surface area contributed by atoms with Gasteiger partial charge < -0.3 is 15.3 Å². The van der Waals surface area contributed by atoms with Crippen molar-refractivity contribution in [2.24, 2.45) is 0 Å². The van der Waals surface area contributed by atoms with Crippen LogP contribution in [0.5, 0.6) is 5.75 Å². The molecule has 168 valence electrons. The highest BCUT2D eigenvalue weighted by molar-refractivity contribution is 14.1. The number of rotatable bonds is 5. The second kappa shape index (κ2) is 9.53. The Morgan fingerprint density at radius 2 is 1.88 bits per heavy atom. The van der Waals surface area contributed by atoms with Gasteiger partial charge >= 0.3 is 0 Å². The number of halogens is 2. The van der Waals surface area contributed by atoms with Gasteiger partial charge in [0.2, 0.25) is 0 Å². The summed E-state index contributed by atoms with van der Waals surface area (Å²) in [5.41, 5.74) is 4.17. The van der Waals surface area contributed by atoms with E-state index in [-0.39, 0.29) is 11.5 Å². The van der Waals surface area contributed by atoms with Crippen LogP contribution in [-0.4, -0.2) is 47.0 Å². The predicted molar refractivity (Wildman–Crippen MR) is 140 cm³/mol. The maximum absolute atomic E-state index is 12.4. The highest BCUT2D eigenvalue weighted by Gasteiger charge is 2.24. The Morgan fingerprint density at radius 1 is 1.16 bits per heavy atom. The molecule has 1 aromatic heterocycles. The average molecular weight is 564 g/mol. The summed E-state index contributed by atoms with van der Waals surface area (Å²) < 4.78 is 0.691. The van der Waals surface area contributed by atoms with Crippen molar-refractivity contribution in [2.45, 2.75) is 44.7 Å². The van der Waals surface area contributed by atoms with E-state index < -0.39 is 0 Å². The molecule has 0 radical (unpaired) electrons. The van der Waals surface area contributed by atoms with Crippen LogP contribution in [0, 0.1) is 3.57 Å². The minimum absolute atomic E-state index is 0.00323. The summed E-state index contributed by atoms with van der Waals surface area (Å²) in [6.45, 7) is 1.59. The molecule has 5 nitrogen and oxygen atoms in total. The van der Waals surface area contributed by atoms with Crippen LogP contribution in [0.4, 0.5) is 5.69 Å². The number of phenols is 1. The van der Waals surface area contributed by atoms with Crippen LogP contribution in [-0.2, 0) is 0 Å². The van der Waals surface area contributed by atoms with E-state index in [1.807, 2.05) is 18.2 Å². The maximum atomic E-state index is 12.4. The van der Waals surface area contributed by atoms with Crippen LogP contribution in [0.2, 0.25) is 5.02 Å². The van der Waals surface area contributed by atoms with Crippen LogP contribution in [0.15, 0.2) is 36.5 Å². The summed E-state index contributed by atoms with van der Waals surface area (Å²) >= 11 is 8.30. The Morgan fingerprint density at radius 3 is 2.50 bits per heavy atom. The third-order valence-corrected chi connectivity index (χ3v) is 7.48. The molecule has 0 saturated heterocycles. The molecule has 0 aliphatic heterocycles. The number of pyridine rings is 1. The number of aromatic hydroxyl groups is 1. The predicted octanol–water partition coefficient (Wildman–Crippen LogP) is 6.35. The number of anilines is 1. The number of benzene rings is 2. The first-order chi connectivity index (χ1) is 15.2. The number of nitrogens with zero attached hydrogens (tertiary/aromatic N) is 2. The van der Waals surface area contributed by atoms with Crippen molar-refractivity contribution >= 4 is 56.6 Å². The second-order valence-corrected chi connectivity index (χ2v) is 10.3. The van der Waals surface area contributed by atoms with Gasteiger partial charge in [-0.1, -0.05) is 17.7 Å².